The Bertz CT molecular complexity index is 841. The van der Waals surface area contributed by atoms with Gasteiger partial charge in [-0.15, -0.1) is 0 Å². The average molecular weight is 357 g/mol. The molecule has 0 bridgehead atoms. The first-order chi connectivity index (χ1) is 12.5. The molecule has 2 aromatic carbocycles. The van der Waals surface area contributed by atoms with E-state index in [1.807, 2.05) is 24.3 Å². The number of halogens is 1. The zero-order chi connectivity index (χ0) is 18.7. The monoisotopic (exact) mass is 357 g/mol. The van der Waals surface area contributed by atoms with Gasteiger partial charge in [-0.3, -0.25) is 9.69 Å². The third kappa shape index (κ3) is 3.83. The van der Waals surface area contributed by atoms with E-state index in [1.54, 1.807) is 12.1 Å². The first kappa shape index (κ1) is 17.9. The summed E-state index contributed by atoms with van der Waals surface area (Å²) in [4.78, 5) is 24.4. The molecule has 7 heteroatoms. The van der Waals surface area contributed by atoms with E-state index in [-0.39, 0.29) is 19.0 Å². The molecule has 1 atom stereocenters. The number of hydrogen-bond acceptors (Lipinski definition) is 4. The predicted molar refractivity (Wildman–Crippen MR) is 96.0 cm³/mol. The number of nitrogens with two attached hydrogens (primary N) is 1. The number of anilines is 1. The number of cyclic esters (lactones) is 1. The van der Waals surface area contributed by atoms with Gasteiger partial charge in [0.05, 0.1) is 18.8 Å². The molecule has 26 heavy (non-hydrogen) atoms. The number of amides is 2. The van der Waals surface area contributed by atoms with Gasteiger partial charge in [0, 0.05) is 19.0 Å². The van der Waals surface area contributed by atoms with E-state index in [9.17, 15) is 14.0 Å². The van der Waals surface area contributed by atoms with Crippen LogP contribution < -0.4 is 16.0 Å². The summed E-state index contributed by atoms with van der Waals surface area (Å²) in [6.45, 7) is 2.25. The van der Waals surface area contributed by atoms with Crippen LogP contribution in [-0.4, -0.2) is 31.2 Å². The minimum atomic E-state index is -0.558. The molecule has 0 aliphatic carbocycles. The van der Waals surface area contributed by atoms with Crippen molar-refractivity contribution in [3.63, 3.8) is 0 Å². The summed E-state index contributed by atoms with van der Waals surface area (Å²) in [6.07, 6.45) is -1.02. The van der Waals surface area contributed by atoms with Crippen LogP contribution in [0.15, 0.2) is 42.5 Å². The number of ether oxygens (including phenoxy) is 1. The van der Waals surface area contributed by atoms with E-state index < -0.39 is 18.0 Å². The van der Waals surface area contributed by atoms with E-state index in [1.165, 1.54) is 17.9 Å². The Morgan fingerprint density at radius 3 is 2.85 bits per heavy atom. The van der Waals surface area contributed by atoms with Gasteiger partial charge in [-0.2, -0.15) is 0 Å². The smallest absolute Gasteiger partial charge is 0.414 e. The molecule has 3 N–H and O–H groups in total. The molecule has 1 aliphatic heterocycles. The first-order valence-corrected chi connectivity index (χ1v) is 8.29. The topological polar surface area (TPSA) is 84.7 Å². The molecule has 3 rings (SSSR count). The summed E-state index contributed by atoms with van der Waals surface area (Å²) in [5, 5.41) is 2.61. The Labute approximate surface area is 150 Å². The lowest BCUT2D eigenvalue weighted by molar-refractivity contribution is -0.119. The highest BCUT2D eigenvalue weighted by molar-refractivity contribution is 5.90. The van der Waals surface area contributed by atoms with Crippen molar-refractivity contribution < 1.29 is 18.7 Å². The number of benzene rings is 2. The van der Waals surface area contributed by atoms with E-state index in [0.717, 1.165) is 11.1 Å². The third-order valence-corrected chi connectivity index (χ3v) is 4.19. The van der Waals surface area contributed by atoms with Crippen molar-refractivity contribution in [3.8, 4) is 11.1 Å². The Morgan fingerprint density at radius 2 is 2.15 bits per heavy atom. The average Bonchev–Trinajstić information content (AvgIpc) is 3.00. The SMILES string of the molecule is CC(=O)NCC1CN(c2ccc(-c3cccc(CN)c3)c(F)c2)C(=O)O1. The molecule has 0 spiro atoms. The maximum Gasteiger partial charge on any atom is 0.414 e. The third-order valence-electron chi connectivity index (χ3n) is 4.19. The summed E-state index contributed by atoms with van der Waals surface area (Å²) in [5.74, 6) is -0.635. The molecule has 1 saturated heterocycles. The predicted octanol–water partition coefficient (Wildman–Crippen LogP) is 2.41. The lowest BCUT2D eigenvalue weighted by Gasteiger charge is -2.15. The fourth-order valence-electron chi connectivity index (χ4n) is 2.87. The first-order valence-electron chi connectivity index (χ1n) is 8.29. The molecule has 1 aliphatic rings. The molecule has 2 aromatic rings. The number of carbonyl (C=O) groups is 2. The van der Waals surface area contributed by atoms with Crippen molar-refractivity contribution >= 4 is 17.7 Å². The molecule has 0 saturated carbocycles. The number of rotatable bonds is 5. The normalized spacial score (nSPS) is 16.5. The number of hydrogen-bond donors (Lipinski definition) is 2. The van der Waals surface area contributed by atoms with Crippen molar-refractivity contribution in [1.29, 1.82) is 0 Å². The lowest BCUT2D eigenvalue weighted by atomic mass is 10.0. The van der Waals surface area contributed by atoms with Crippen LogP contribution in [0.4, 0.5) is 14.9 Å². The van der Waals surface area contributed by atoms with E-state index >= 15 is 0 Å². The van der Waals surface area contributed by atoms with Gasteiger partial charge in [-0.05, 0) is 35.4 Å². The van der Waals surface area contributed by atoms with E-state index in [4.69, 9.17) is 10.5 Å². The molecule has 1 heterocycles. The lowest BCUT2D eigenvalue weighted by Crippen LogP contribution is -2.33. The van der Waals surface area contributed by atoms with Crippen LogP contribution in [0.2, 0.25) is 0 Å². The van der Waals surface area contributed by atoms with Crippen LogP contribution in [0.1, 0.15) is 12.5 Å². The van der Waals surface area contributed by atoms with Crippen molar-refractivity contribution in [1.82, 2.24) is 5.32 Å². The summed E-state index contributed by atoms with van der Waals surface area (Å²) in [5.41, 5.74) is 8.12. The molecular formula is C19H20FN3O3. The Kier molecular flexibility index (Phi) is 5.18. The second-order valence-corrected chi connectivity index (χ2v) is 6.12. The molecule has 0 radical (unpaired) electrons. The fraction of sp³-hybridized carbons (Fsp3) is 0.263. The number of nitrogens with one attached hydrogen (secondary N) is 1. The Morgan fingerprint density at radius 1 is 1.35 bits per heavy atom. The highest BCUT2D eigenvalue weighted by Gasteiger charge is 2.32. The Balaban J connectivity index is 1.79. The van der Waals surface area contributed by atoms with Gasteiger partial charge in [-0.1, -0.05) is 18.2 Å². The summed E-state index contributed by atoms with van der Waals surface area (Å²) >= 11 is 0. The van der Waals surface area contributed by atoms with Crippen LogP contribution in [-0.2, 0) is 16.1 Å². The number of carbonyl (C=O) groups excluding carboxylic acids is 2. The van der Waals surface area contributed by atoms with Crippen LogP contribution in [0.3, 0.4) is 0 Å². The molecule has 2 amide bonds. The van der Waals surface area contributed by atoms with Crippen LogP contribution in [0.5, 0.6) is 0 Å². The molecule has 1 fully saturated rings. The summed E-state index contributed by atoms with van der Waals surface area (Å²) in [6, 6.07) is 12.0. The zero-order valence-electron chi connectivity index (χ0n) is 14.4. The molecule has 6 nitrogen and oxygen atoms in total. The maximum absolute atomic E-state index is 14.6. The molecular weight excluding hydrogens is 337 g/mol. The second kappa shape index (κ2) is 7.53. The van der Waals surface area contributed by atoms with Gasteiger partial charge in [0.1, 0.15) is 11.9 Å². The Hall–Kier alpha value is -2.93. The quantitative estimate of drug-likeness (QED) is 0.861. The van der Waals surface area contributed by atoms with Crippen molar-refractivity contribution in [2.24, 2.45) is 5.73 Å². The summed E-state index contributed by atoms with van der Waals surface area (Å²) < 4.78 is 19.8. The fourth-order valence-corrected chi connectivity index (χ4v) is 2.87. The molecule has 0 aromatic heterocycles. The van der Waals surface area contributed by atoms with Crippen LogP contribution >= 0.6 is 0 Å². The van der Waals surface area contributed by atoms with Gasteiger partial charge in [0.2, 0.25) is 5.91 Å². The van der Waals surface area contributed by atoms with Gasteiger partial charge >= 0.3 is 6.09 Å². The van der Waals surface area contributed by atoms with E-state index in [2.05, 4.69) is 5.32 Å². The van der Waals surface area contributed by atoms with Gasteiger partial charge in [0.15, 0.2) is 0 Å². The van der Waals surface area contributed by atoms with Crippen molar-refractivity contribution in [2.45, 2.75) is 19.6 Å². The molecule has 136 valence electrons. The number of nitrogens with zero attached hydrogens (tertiary/aromatic N) is 1. The van der Waals surface area contributed by atoms with Crippen LogP contribution in [0, 0.1) is 5.82 Å². The standard InChI is InChI=1S/C19H20FN3O3/c1-12(24)22-10-16-11-23(19(25)26-16)15-5-6-17(18(20)8-15)14-4-2-3-13(7-14)9-21/h2-8,16H,9-11,21H2,1H3,(H,22,24). The zero-order valence-corrected chi connectivity index (χ0v) is 14.4. The highest BCUT2D eigenvalue weighted by atomic mass is 19.1. The minimum absolute atomic E-state index is 0.199. The van der Waals surface area contributed by atoms with Gasteiger partial charge in [0.25, 0.3) is 0 Å². The van der Waals surface area contributed by atoms with Gasteiger partial charge < -0.3 is 15.8 Å². The maximum atomic E-state index is 14.6. The van der Waals surface area contributed by atoms with Crippen molar-refractivity contribution in [2.75, 3.05) is 18.0 Å². The summed E-state index contributed by atoms with van der Waals surface area (Å²) in [7, 11) is 0. The highest BCUT2D eigenvalue weighted by Crippen LogP contribution is 2.29. The largest absolute Gasteiger partial charge is 0.442 e. The second-order valence-electron chi connectivity index (χ2n) is 6.12. The van der Waals surface area contributed by atoms with Crippen molar-refractivity contribution in [3.05, 3.63) is 53.8 Å². The minimum Gasteiger partial charge on any atom is -0.442 e. The van der Waals surface area contributed by atoms with E-state index in [0.29, 0.717) is 17.8 Å². The van der Waals surface area contributed by atoms with Crippen LogP contribution in [0.25, 0.3) is 11.1 Å². The van der Waals surface area contributed by atoms with Gasteiger partial charge in [-0.25, -0.2) is 9.18 Å². The molecule has 1 unspecified atom stereocenters.